The lowest BCUT2D eigenvalue weighted by Crippen LogP contribution is -2.15. The van der Waals surface area contributed by atoms with E-state index in [-0.39, 0.29) is 0 Å². The summed E-state index contributed by atoms with van der Waals surface area (Å²) >= 11 is 8.14. The lowest BCUT2D eigenvalue weighted by Gasteiger charge is -2.35. The van der Waals surface area contributed by atoms with Gasteiger partial charge in [-0.2, -0.15) is 0 Å². The Kier molecular flexibility index (Phi) is 11.7. The number of hydrogen-bond donors (Lipinski definition) is 0. The van der Waals surface area contributed by atoms with Crippen LogP contribution < -0.4 is 9.80 Å². The molecule has 0 N–H and O–H groups in total. The summed E-state index contributed by atoms with van der Waals surface area (Å²) in [5.41, 5.74) is 25.8. The number of para-hydroxylation sites is 4. The van der Waals surface area contributed by atoms with Crippen molar-refractivity contribution in [2.75, 3.05) is 9.80 Å². The molecule has 0 fully saturated rings. The van der Waals surface area contributed by atoms with E-state index >= 15 is 0 Å². The van der Waals surface area contributed by atoms with E-state index in [0.717, 1.165) is 70.6 Å². The second-order valence-corrected chi connectivity index (χ2v) is 26.6. The Hall–Kier alpha value is -11.3. The number of benzene rings is 16. The van der Waals surface area contributed by atoms with Crippen molar-refractivity contribution >= 4 is 153 Å². The number of nitrogens with zero attached hydrogens (tertiary/aromatic N) is 4. The fourth-order valence-electron chi connectivity index (χ4n) is 16.0. The Labute approximate surface area is 558 Å². The third-order valence-electron chi connectivity index (χ3n) is 20.1. The van der Waals surface area contributed by atoms with Crippen LogP contribution in [0, 0.1) is 0 Å². The number of halogens is 2. The van der Waals surface area contributed by atoms with Crippen LogP contribution in [0.1, 0.15) is 0 Å². The zero-order valence-corrected chi connectivity index (χ0v) is 53.7. The van der Waals surface area contributed by atoms with E-state index in [9.17, 15) is 0 Å². The van der Waals surface area contributed by atoms with Gasteiger partial charge < -0.3 is 18.9 Å². The van der Waals surface area contributed by atoms with Gasteiger partial charge in [-0.15, -0.1) is 0 Å². The van der Waals surface area contributed by atoms with Crippen molar-refractivity contribution < 1.29 is 0 Å². The largest absolute Gasteiger partial charge is 0.309 e. The first-order chi connectivity index (χ1) is 46.5. The van der Waals surface area contributed by atoms with E-state index in [2.05, 4.69) is 366 Å². The maximum Gasteiger partial charge on any atom is 0.0552 e. The summed E-state index contributed by atoms with van der Waals surface area (Å²) in [5, 5.41) is 14.5. The van der Waals surface area contributed by atoms with Crippen molar-refractivity contribution in [1.29, 1.82) is 0 Å². The van der Waals surface area contributed by atoms with Crippen molar-refractivity contribution in [3.63, 3.8) is 0 Å². The van der Waals surface area contributed by atoms with E-state index in [1.807, 2.05) is 0 Å². The summed E-state index contributed by atoms with van der Waals surface area (Å²) in [4.78, 5) is 4.99. The molecule has 2 aliphatic heterocycles. The van der Waals surface area contributed by atoms with Gasteiger partial charge in [0, 0.05) is 74.5 Å². The normalized spacial score (nSPS) is 12.5. The summed E-state index contributed by atoms with van der Waals surface area (Å²) in [6.45, 7) is 0. The fraction of sp³-hybridized carbons (Fsp3) is 0. The molecule has 6 heteroatoms. The van der Waals surface area contributed by atoms with Gasteiger partial charge >= 0.3 is 0 Å². The number of hydrogen-bond acceptors (Lipinski definition) is 2. The van der Waals surface area contributed by atoms with Crippen molar-refractivity contribution in [1.82, 2.24) is 9.13 Å². The molecule has 20 rings (SSSR count). The van der Waals surface area contributed by atoms with Crippen LogP contribution in [0.15, 0.2) is 324 Å². The molecule has 0 saturated carbocycles. The molecule has 0 radical (unpaired) electrons. The Morgan fingerprint density at radius 2 is 0.628 bits per heavy atom. The highest BCUT2D eigenvalue weighted by Crippen LogP contribution is 2.57. The topological polar surface area (TPSA) is 16.3 Å². The van der Waals surface area contributed by atoms with Crippen LogP contribution in [0.2, 0.25) is 0 Å². The van der Waals surface area contributed by atoms with Crippen molar-refractivity contribution in [2.45, 2.75) is 0 Å². The SMILES string of the molecule is Brc1cccc2cccc(N3c4ccccc4-c4ccc(-c5ccc6c(c5)c5ccc(-c7ccc(N8c9ccc(-c%10ccc%11c(c%10)c%10ccccc%10n%11-c%10ccccc%10)cc9-c9cccc%10cccc8c9%10)c8c(Br)cccc78)cc5n6-c5ccccc5)c5cccc3c45)c12. The van der Waals surface area contributed by atoms with E-state index < -0.39 is 0 Å². The number of fused-ring (bicyclic) bond motifs is 12. The highest BCUT2D eigenvalue weighted by molar-refractivity contribution is 9.11. The lowest BCUT2D eigenvalue weighted by atomic mass is 9.87. The third kappa shape index (κ3) is 7.78. The molecule has 438 valence electrons. The zero-order chi connectivity index (χ0) is 61.9. The molecule has 4 heterocycles. The second kappa shape index (κ2) is 20.6. The average Bonchev–Trinajstić information content (AvgIpc) is 0.936. The molecule has 0 atom stereocenters. The van der Waals surface area contributed by atoms with Gasteiger partial charge in [0.1, 0.15) is 0 Å². The molecule has 2 aliphatic rings. The molecule has 16 aromatic carbocycles. The molecule has 0 amide bonds. The van der Waals surface area contributed by atoms with Gasteiger partial charge in [-0.25, -0.2) is 0 Å². The predicted molar refractivity (Wildman–Crippen MR) is 404 cm³/mol. The van der Waals surface area contributed by atoms with Gasteiger partial charge in [0.15, 0.2) is 0 Å². The summed E-state index contributed by atoms with van der Waals surface area (Å²) in [6.07, 6.45) is 0. The van der Waals surface area contributed by atoms with Crippen LogP contribution in [-0.2, 0) is 0 Å². The second-order valence-electron chi connectivity index (χ2n) is 24.9. The molecule has 0 spiro atoms. The highest BCUT2D eigenvalue weighted by Gasteiger charge is 2.31. The van der Waals surface area contributed by atoms with E-state index in [0.29, 0.717) is 0 Å². The third-order valence-corrected chi connectivity index (χ3v) is 21.4. The van der Waals surface area contributed by atoms with Crippen molar-refractivity contribution in [3.05, 3.63) is 324 Å². The molecule has 0 bridgehead atoms. The van der Waals surface area contributed by atoms with Crippen LogP contribution in [0.4, 0.5) is 34.1 Å². The lowest BCUT2D eigenvalue weighted by molar-refractivity contribution is 1.18. The number of anilines is 6. The maximum absolute atomic E-state index is 4.18. The van der Waals surface area contributed by atoms with Crippen LogP contribution >= 0.6 is 31.9 Å². The molecule has 94 heavy (non-hydrogen) atoms. The van der Waals surface area contributed by atoms with Gasteiger partial charge in [-0.3, -0.25) is 0 Å². The van der Waals surface area contributed by atoms with Crippen LogP contribution in [0.25, 0.3) is 154 Å². The van der Waals surface area contributed by atoms with E-state index in [4.69, 9.17) is 0 Å². The monoisotopic (exact) mass is 1320 g/mol. The van der Waals surface area contributed by atoms with Crippen molar-refractivity contribution in [3.8, 4) is 67.0 Å². The molecule has 4 nitrogen and oxygen atoms in total. The van der Waals surface area contributed by atoms with E-state index in [1.165, 1.54) is 126 Å². The minimum atomic E-state index is 1.04. The molecular weight excluding hydrogens is 1270 g/mol. The molecule has 18 aromatic rings. The Balaban J connectivity index is 0.730. The van der Waals surface area contributed by atoms with Gasteiger partial charge in [-0.05, 0) is 181 Å². The van der Waals surface area contributed by atoms with Gasteiger partial charge in [0.2, 0.25) is 0 Å². The molecule has 0 unspecified atom stereocenters. The highest BCUT2D eigenvalue weighted by atomic mass is 79.9. The predicted octanol–water partition coefficient (Wildman–Crippen LogP) is 25.9. The number of rotatable bonds is 7. The summed E-state index contributed by atoms with van der Waals surface area (Å²) in [7, 11) is 0. The summed E-state index contributed by atoms with van der Waals surface area (Å²) < 4.78 is 6.96. The molecular formula is C88H52Br2N4. The Morgan fingerprint density at radius 1 is 0.202 bits per heavy atom. The first-order valence-corrected chi connectivity index (χ1v) is 33.6. The van der Waals surface area contributed by atoms with E-state index in [1.54, 1.807) is 0 Å². The first kappa shape index (κ1) is 53.4. The minimum Gasteiger partial charge on any atom is -0.309 e. The molecule has 0 saturated heterocycles. The number of aromatic nitrogens is 2. The minimum absolute atomic E-state index is 1.04. The Morgan fingerprint density at radius 3 is 1.38 bits per heavy atom. The van der Waals surface area contributed by atoms with Crippen molar-refractivity contribution in [2.24, 2.45) is 0 Å². The smallest absolute Gasteiger partial charge is 0.0552 e. The van der Waals surface area contributed by atoms with Gasteiger partial charge in [0.25, 0.3) is 0 Å². The molecule has 0 aliphatic carbocycles. The summed E-state index contributed by atoms with van der Waals surface area (Å²) in [6, 6.07) is 117. The zero-order valence-electron chi connectivity index (χ0n) is 50.6. The Bertz CT molecular complexity index is 6270. The van der Waals surface area contributed by atoms with Crippen LogP contribution in [0.5, 0.6) is 0 Å². The fourth-order valence-corrected chi connectivity index (χ4v) is 17.2. The molecule has 2 aromatic heterocycles. The summed E-state index contributed by atoms with van der Waals surface area (Å²) in [5.74, 6) is 0. The van der Waals surface area contributed by atoms with Gasteiger partial charge in [-0.1, -0.05) is 232 Å². The van der Waals surface area contributed by atoms with Crippen LogP contribution in [-0.4, -0.2) is 9.13 Å². The van der Waals surface area contributed by atoms with Gasteiger partial charge in [0.05, 0.1) is 56.2 Å². The maximum atomic E-state index is 4.18. The van der Waals surface area contributed by atoms with Crippen LogP contribution in [0.3, 0.4) is 0 Å². The average molecular weight is 1330 g/mol. The quantitative estimate of drug-likeness (QED) is 0.158. The first-order valence-electron chi connectivity index (χ1n) is 32.0. The standard InChI is InChI=1S/C88H52Br2N4/c89-73-30-12-18-54-20-14-35-81(86(54)73)93-76-33-10-7-25-63(76)69-43-42-61(66-29-16-36-82(93)87(66)69)57-40-47-78-71(51-57)65-41-37-58(52-84(65)92(78)60-23-5-2-6-24-60)62-44-48-83(88-67(62)28-15-31-74(88)90)94-79-46-39-56(50-72(79)68-27-11-17-53-19-13-34-80(94)85(53)68)55-38-45-77-70(49-55)64-26-8-9-32-75(64)91(77)59-21-3-1-4-22-59/h1-52H.